The van der Waals surface area contributed by atoms with Crippen molar-refractivity contribution in [1.82, 2.24) is 5.32 Å². The molecule has 8 heteroatoms. The molecule has 0 saturated carbocycles. The Hall–Kier alpha value is -3.71. The third kappa shape index (κ3) is 12.8. The average Bonchev–Trinajstić information content (AvgIpc) is 3.12. The maximum Gasteiger partial charge on any atom is 0.303 e. The summed E-state index contributed by atoms with van der Waals surface area (Å²) in [6.45, 7) is 1.73. The van der Waals surface area contributed by atoms with Gasteiger partial charge >= 0.3 is 5.97 Å². The van der Waals surface area contributed by atoms with Gasteiger partial charge in [0.15, 0.2) is 0 Å². The molecule has 0 bridgehead atoms. The van der Waals surface area contributed by atoms with Crippen LogP contribution in [0.4, 0.5) is 0 Å². The van der Waals surface area contributed by atoms with Crippen molar-refractivity contribution in [3.63, 3.8) is 0 Å². The first-order valence-electron chi connectivity index (χ1n) is 19.2. The van der Waals surface area contributed by atoms with Gasteiger partial charge in [-0.3, -0.25) is 4.79 Å². The van der Waals surface area contributed by atoms with Crippen molar-refractivity contribution < 1.29 is 35.4 Å². The molecule has 0 unspecified atom stereocenters. The fraction of sp³-hybridized carbons (Fsp3) is 0.523. The molecule has 1 heterocycles. The monoisotopic (exact) mass is 713 g/mol. The fourth-order valence-corrected chi connectivity index (χ4v) is 7.47. The Morgan fingerprint density at radius 1 is 1.02 bits per heavy atom. The van der Waals surface area contributed by atoms with Crippen LogP contribution in [0.15, 0.2) is 84.0 Å². The molecule has 8 nitrogen and oxygen atoms in total. The largest absolute Gasteiger partial charge is 0.508 e. The van der Waals surface area contributed by atoms with Crippen LogP contribution in [0.2, 0.25) is 0 Å². The molecule has 7 N–H and O–H groups in total. The fourth-order valence-electron chi connectivity index (χ4n) is 7.47. The van der Waals surface area contributed by atoms with E-state index < -0.39 is 36.4 Å². The molecule has 1 aliphatic carbocycles. The zero-order chi connectivity index (χ0) is 37.3. The van der Waals surface area contributed by atoms with E-state index in [9.17, 15) is 30.3 Å². The van der Waals surface area contributed by atoms with Crippen LogP contribution in [-0.4, -0.2) is 73.1 Å². The lowest BCUT2D eigenvalue weighted by atomic mass is 9.73. The lowest BCUT2D eigenvalue weighted by Gasteiger charge is -2.44. The Bertz CT molecular complexity index is 1570. The van der Waals surface area contributed by atoms with Gasteiger partial charge in [0, 0.05) is 24.4 Å². The Labute approximate surface area is 310 Å². The van der Waals surface area contributed by atoms with E-state index in [0.717, 1.165) is 66.4 Å². The Morgan fingerprint density at radius 2 is 1.79 bits per heavy atom. The number of carboxylic acid groups (broad SMARTS) is 1. The van der Waals surface area contributed by atoms with Crippen LogP contribution >= 0.6 is 0 Å². The Balaban J connectivity index is 1.84. The number of allylic oxidation sites excluding steroid dienone is 2. The molecule has 6 atom stereocenters. The third-order valence-corrected chi connectivity index (χ3v) is 10.4. The van der Waals surface area contributed by atoms with Crippen LogP contribution in [-0.2, 0) is 17.6 Å². The summed E-state index contributed by atoms with van der Waals surface area (Å²) in [6, 6.07) is 14.1. The number of nitrogens with one attached hydrogen (secondary N) is 1. The predicted octanol–water partition coefficient (Wildman–Crippen LogP) is 6.53. The average molecular weight is 714 g/mol. The number of aryl methyl sites for hydroxylation is 1. The molecule has 0 fully saturated rings. The van der Waals surface area contributed by atoms with Gasteiger partial charge in [-0.2, -0.15) is 0 Å². The van der Waals surface area contributed by atoms with Gasteiger partial charge in [-0.05, 0) is 85.4 Å². The Kier molecular flexibility index (Phi) is 16.7. The highest BCUT2D eigenvalue weighted by molar-refractivity contribution is 5.66. The highest BCUT2D eigenvalue weighted by Gasteiger charge is 2.43. The first kappa shape index (κ1) is 41.1. The van der Waals surface area contributed by atoms with E-state index in [4.69, 9.17) is 5.11 Å². The van der Waals surface area contributed by atoms with Gasteiger partial charge < -0.3 is 36.0 Å². The van der Waals surface area contributed by atoms with E-state index in [0.29, 0.717) is 44.9 Å². The topological polar surface area (TPSA) is 150 Å². The van der Waals surface area contributed by atoms with Crippen molar-refractivity contribution in [3.8, 4) is 17.6 Å². The van der Waals surface area contributed by atoms with Crippen molar-refractivity contribution >= 4 is 5.97 Å². The molecule has 0 spiro atoms. The van der Waals surface area contributed by atoms with Gasteiger partial charge in [-0.15, -0.1) is 0 Å². The van der Waals surface area contributed by atoms with Gasteiger partial charge in [-0.25, -0.2) is 0 Å². The molecule has 0 saturated heterocycles. The minimum Gasteiger partial charge on any atom is -0.508 e. The van der Waals surface area contributed by atoms with Crippen molar-refractivity contribution in [1.29, 1.82) is 0 Å². The molecule has 2 aromatic carbocycles. The second-order valence-corrected chi connectivity index (χ2v) is 14.6. The number of aliphatic hydroxyl groups is 4. The quantitative estimate of drug-likeness (QED) is 0.0524. The summed E-state index contributed by atoms with van der Waals surface area (Å²) in [5.41, 5.74) is 3.53. The van der Waals surface area contributed by atoms with Gasteiger partial charge in [0.2, 0.25) is 0 Å². The minimum atomic E-state index is -1.25. The smallest absolute Gasteiger partial charge is 0.303 e. The molecule has 2 aliphatic rings. The van der Waals surface area contributed by atoms with E-state index in [1.54, 1.807) is 12.1 Å². The molecule has 0 aromatic heterocycles. The molecular weight excluding hydrogens is 654 g/mol. The molecule has 282 valence electrons. The number of phenols is 1. The van der Waals surface area contributed by atoms with Crippen molar-refractivity contribution in [2.24, 2.45) is 5.92 Å². The van der Waals surface area contributed by atoms with Gasteiger partial charge in [0.1, 0.15) is 5.75 Å². The van der Waals surface area contributed by atoms with Gasteiger partial charge in [0.25, 0.3) is 0 Å². The second-order valence-electron chi connectivity index (χ2n) is 14.6. The van der Waals surface area contributed by atoms with Gasteiger partial charge in [-0.1, -0.05) is 112 Å². The molecule has 2 aromatic rings. The van der Waals surface area contributed by atoms with E-state index in [-0.39, 0.29) is 30.6 Å². The SMILES string of the molecule is CCCCC[C@H](O)/C=C/C1=C(\C[C@H](O)CO)[C@H](CCCCCCC(=O)O)N[C@H]2[C@@H](C#Cc3ccccc3CC1)C=CC[C@]2(O)Cc1ccc(O)cc1. The molecule has 0 amide bonds. The van der Waals surface area contributed by atoms with Crippen LogP contribution in [0.25, 0.3) is 0 Å². The number of fused-ring (bicyclic) bond motifs is 2. The number of aliphatic carboxylic acids is 1. The summed E-state index contributed by atoms with van der Waals surface area (Å²) >= 11 is 0. The Morgan fingerprint density at radius 3 is 2.54 bits per heavy atom. The van der Waals surface area contributed by atoms with Crippen LogP contribution in [0, 0.1) is 17.8 Å². The lowest BCUT2D eigenvalue weighted by molar-refractivity contribution is -0.137. The van der Waals surface area contributed by atoms with Crippen LogP contribution < -0.4 is 5.32 Å². The minimum absolute atomic E-state index is 0.131. The van der Waals surface area contributed by atoms with Crippen LogP contribution in [0.5, 0.6) is 5.75 Å². The van der Waals surface area contributed by atoms with Gasteiger partial charge in [0.05, 0.1) is 36.4 Å². The van der Waals surface area contributed by atoms with E-state index in [1.165, 1.54) is 0 Å². The number of unbranched alkanes of at least 4 members (excludes halogenated alkanes) is 5. The van der Waals surface area contributed by atoms with Crippen molar-refractivity contribution in [3.05, 3.63) is 101 Å². The summed E-state index contributed by atoms with van der Waals surface area (Å²) in [7, 11) is 0. The third-order valence-electron chi connectivity index (χ3n) is 10.4. The molecule has 52 heavy (non-hydrogen) atoms. The van der Waals surface area contributed by atoms with E-state index in [1.807, 2.05) is 48.6 Å². The summed E-state index contributed by atoms with van der Waals surface area (Å²) in [5.74, 6) is 5.94. The molecule has 4 rings (SSSR count). The summed E-state index contributed by atoms with van der Waals surface area (Å²) in [5, 5.41) is 67.7. The number of aliphatic hydroxyl groups excluding tert-OH is 3. The molecular formula is C44H59NO7. The van der Waals surface area contributed by atoms with Crippen LogP contribution in [0.3, 0.4) is 0 Å². The van der Waals surface area contributed by atoms with Crippen molar-refractivity contribution in [2.45, 2.75) is 133 Å². The number of hydrogen-bond acceptors (Lipinski definition) is 7. The maximum atomic E-state index is 12.6. The summed E-state index contributed by atoms with van der Waals surface area (Å²) in [4.78, 5) is 11.1. The number of aromatic hydroxyl groups is 1. The first-order valence-corrected chi connectivity index (χ1v) is 19.2. The predicted molar refractivity (Wildman–Crippen MR) is 206 cm³/mol. The maximum absolute atomic E-state index is 12.6. The van der Waals surface area contributed by atoms with Crippen molar-refractivity contribution in [2.75, 3.05) is 6.61 Å². The van der Waals surface area contributed by atoms with Crippen LogP contribution in [0.1, 0.15) is 107 Å². The molecule has 0 radical (unpaired) electrons. The zero-order valence-corrected chi connectivity index (χ0v) is 30.7. The first-order chi connectivity index (χ1) is 25.1. The highest BCUT2D eigenvalue weighted by Crippen LogP contribution is 2.35. The number of carbonyl (C=O) groups is 1. The van der Waals surface area contributed by atoms with E-state index >= 15 is 0 Å². The zero-order valence-electron chi connectivity index (χ0n) is 30.7. The summed E-state index contributed by atoms with van der Waals surface area (Å²) < 4.78 is 0. The highest BCUT2D eigenvalue weighted by atomic mass is 16.4. The number of rotatable bonds is 18. The number of phenolic OH excluding ortho intramolecular Hbond substituents is 1. The van der Waals surface area contributed by atoms with E-state index in [2.05, 4.69) is 36.2 Å². The number of hydrogen-bond donors (Lipinski definition) is 7. The second kappa shape index (κ2) is 21.1. The molecule has 1 aliphatic heterocycles. The summed E-state index contributed by atoms with van der Waals surface area (Å²) in [6.07, 6.45) is 15.9. The normalized spacial score (nSPS) is 24.5. The number of benzene rings is 2. The number of carboxylic acids is 1. The lowest BCUT2D eigenvalue weighted by Crippen LogP contribution is -2.59. The standard InChI is InChI=1S/C44H59NO7/c1-2-3-6-15-37(47)27-24-35-22-20-33-12-9-10-13-34(33)21-23-36-14-11-28-44(52,30-32-18-25-38(48)26-19-32)43(36)45-41(40(35)29-39(49)31-46)16-7-4-5-8-17-42(50)51/h9-14,18-19,24-27,36-37,39,41,43,45-49,52H,2-8,15-17,20,22,28-31H2,1H3,(H,50,51)/b27-24+,40-35+/t36-,37+,39+,41+,43+,44+/m1/s1.